The zero-order chi connectivity index (χ0) is 23.8. The van der Waals surface area contributed by atoms with Gasteiger partial charge in [-0.2, -0.15) is 5.26 Å². The summed E-state index contributed by atoms with van der Waals surface area (Å²) in [5, 5.41) is 23.0. The molecule has 0 spiro atoms. The van der Waals surface area contributed by atoms with Gasteiger partial charge in [-0.3, -0.25) is 14.9 Å². The number of ether oxygens (including phenoxy) is 2. The molecule has 9 nitrogen and oxygen atoms in total. The first-order chi connectivity index (χ1) is 15.9. The zero-order valence-corrected chi connectivity index (χ0v) is 17.9. The molecule has 0 radical (unpaired) electrons. The molecule has 0 unspecified atom stereocenters. The van der Waals surface area contributed by atoms with E-state index in [2.05, 4.69) is 10.3 Å². The number of nitriles is 1. The number of carbonyl (C=O) groups excluding carboxylic acids is 1. The van der Waals surface area contributed by atoms with Crippen LogP contribution in [-0.4, -0.2) is 22.9 Å². The number of hydrogen-bond acceptors (Lipinski definition) is 7. The molecule has 3 rings (SSSR count). The van der Waals surface area contributed by atoms with Crippen LogP contribution in [0.3, 0.4) is 0 Å². The van der Waals surface area contributed by atoms with Crippen molar-refractivity contribution in [3.8, 4) is 23.4 Å². The molecule has 1 atom stereocenters. The van der Waals surface area contributed by atoms with Crippen LogP contribution in [-0.2, 0) is 4.79 Å². The average molecular weight is 444 g/mol. The van der Waals surface area contributed by atoms with Crippen molar-refractivity contribution in [1.29, 1.82) is 5.26 Å². The van der Waals surface area contributed by atoms with E-state index in [4.69, 9.17) is 9.47 Å². The number of nitro groups is 1. The SMILES string of the molecule is COc1cc(/C=C(/C#N)C(=O)N[C@H](C)c2ccccc2)ccc1Oc1ccc([N+](=O)[O-])cn1. The van der Waals surface area contributed by atoms with Gasteiger partial charge in [0.25, 0.3) is 11.6 Å². The Labute approximate surface area is 190 Å². The highest BCUT2D eigenvalue weighted by molar-refractivity contribution is 6.01. The van der Waals surface area contributed by atoms with Crippen molar-refractivity contribution in [3.63, 3.8) is 0 Å². The van der Waals surface area contributed by atoms with Gasteiger partial charge in [0.2, 0.25) is 5.88 Å². The molecule has 0 aliphatic carbocycles. The molecule has 0 bridgehead atoms. The Bertz CT molecular complexity index is 1220. The molecule has 1 heterocycles. The van der Waals surface area contributed by atoms with Gasteiger partial charge >= 0.3 is 0 Å². The third-order valence-corrected chi connectivity index (χ3v) is 4.66. The maximum absolute atomic E-state index is 12.6. The Kier molecular flexibility index (Phi) is 7.34. The summed E-state index contributed by atoms with van der Waals surface area (Å²) in [4.78, 5) is 26.7. The summed E-state index contributed by atoms with van der Waals surface area (Å²) >= 11 is 0. The average Bonchev–Trinajstić information content (AvgIpc) is 2.84. The fourth-order valence-corrected chi connectivity index (χ4v) is 2.93. The van der Waals surface area contributed by atoms with Gasteiger partial charge in [-0.1, -0.05) is 36.4 Å². The van der Waals surface area contributed by atoms with Crippen LogP contribution in [0.4, 0.5) is 5.69 Å². The highest BCUT2D eigenvalue weighted by Gasteiger charge is 2.15. The van der Waals surface area contributed by atoms with E-state index in [0.717, 1.165) is 11.8 Å². The molecule has 1 amide bonds. The molecule has 0 aliphatic heterocycles. The Balaban J connectivity index is 1.77. The van der Waals surface area contributed by atoms with Crippen molar-refractivity contribution in [3.05, 3.63) is 93.7 Å². The van der Waals surface area contributed by atoms with Crippen molar-refractivity contribution in [1.82, 2.24) is 10.3 Å². The van der Waals surface area contributed by atoms with E-state index in [1.165, 1.54) is 25.3 Å². The second-order valence-electron chi connectivity index (χ2n) is 6.90. The van der Waals surface area contributed by atoms with Crippen molar-refractivity contribution in [2.45, 2.75) is 13.0 Å². The Morgan fingerprint density at radius 2 is 1.94 bits per heavy atom. The van der Waals surface area contributed by atoms with Crippen LogP contribution in [0.1, 0.15) is 24.1 Å². The quantitative estimate of drug-likeness (QED) is 0.233. The van der Waals surface area contributed by atoms with E-state index in [9.17, 15) is 20.2 Å². The van der Waals surface area contributed by atoms with E-state index in [1.54, 1.807) is 18.2 Å². The summed E-state index contributed by atoms with van der Waals surface area (Å²) in [6, 6.07) is 18.6. The summed E-state index contributed by atoms with van der Waals surface area (Å²) in [5.41, 5.74) is 1.25. The zero-order valence-electron chi connectivity index (χ0n) is 17.9. The van der Waals surface area contributed by atoms with Crippen LogP contribution in [0.15, 0.2) is 72.4 Å². The summed E-state index contributed by atoms with van der Waals surface area (Å²) in [7, 11) is 1.44. The first-order valence-corrected chi connectivity index (χ1v) is 9.85. The van der Waals surface area contributed by atoms with Gasteiger partial charge in [0.1, 0.15) is 17.8 Å². The third kappa shape index (κ3) is 5.92. The molecule has 0 saturated carbocycles. The van der Waals surface area contributed by atoms with E-state index in [0.29, 0.717) is 17.1 Å². The van der Waals surface area contributed by atoms with Gasteiger partial charge in [-0.05, 0) is 36.3 Å². The number of methoxy groups -OCH3 is 1. The Hall–Kier alpha value is -4.71. The number of rotatable bonds is 8. The lowest BCUT2D eigenvalue weighted by Gasteiger charge is -2.14. The van der Waals surface area contributed by atoms with Crippen molar-refractivity contribution in [2.75, 3.05) is 7.11 Å². The minimum Gasteiger partial charge on any atom is -0.493 e. The van der Waals surface area contributed by atoms with E-state index in [-0.39, 0.29) is 23.2 Å². The molecule has 3 aromatic rings. The molecule has 1 N–H and O–H groups in total. The van der Waals surface area contributed by atoms with Gasteiger partial charge in [-0.25, -0.2) is 4.98 Å². The number of amides is 1. The Morgan fingerprint density at radius 3 is 2.55 bits per heavy atom. The van der Waals surface area contributed by atoms with Crippen molar-refractivity contribution in [2.24, 2.45) is 0 Å². The van der Waals surface area contributed by atoms with E-state index in [1.807, 2.05) is 43.3 Å². The van der Waals surface area contributed by atoms with Gasteiger partial charge in [0, 0.05) is 12.1 Å². The minimum atomic E-state index is -0.554. The minimum absolute atomic E-state index is 0.0643. The summed E-state index contributed by atoms with van der Waals surface area (Å²) in [6.45, 7) is 1.84. The molecular formula is C24H20N4O5. The van der Waals surface area contributed by atoms with Gasteiger partial charge < -0.3 is 14.8 Å². The smallest absolute Gasteiger partial charge is 0.287 e. The van der Waals surface area contributed by atoms with Crippen LogP contribution < -0.4 is 14.8 Å². The molecule has 2 aromatic carbocycles. The first-order valence-electron chi connectivity index (χ1n) is 9.85. The van der Waals surface area contributed by atoms with Gasteiger partial charge in [0.05, 0.1) is 18.1 Å². The number of nitrogens with one attached hydrogen (secondary N) is 1. The highest BCUT2D eigenvalue weighted by atomic mass is 16.6. The molecule has 0 aliphatic rings. The Morgan fingerprint density at radius 1 is 1.18 bits per heavy atom. The molecule has 1 aromatic heterocycles. The summed E-state index contributed by atoms with van der Waals surface area (Å²) in [5.74, 6) is 0.299. The summed E-state index contributed by atoms with van der Waals surface area (Å²) < 4.78 is 11.0. The lowest BCUT2D eigenvalue weighted by molar-refractivity contribution is -0.385. The number of carbonyl (C=O) groups is 1. The molecule has 0 fully saturated rings. The van der Waals surface area contributed by atoms with Crippen LogP contribution in [0.25, 0.3) is 6.08 Å². The fourth-order valence-electron chi connectivity index (χ4n) is 2.93. The molecule has 0 saturated heterocycles. The summed E-state index contributed by atoms with van der Waals surface area (Å²) in [6.07, 6.45) is 2.54. The molecular weight excluding hydrogens is 424 g/mol. The molecule has 9 heteroatoms. The number of hydrogen-bond donors (Lipinski definition) is 1. The number of pyridine rings is 1. The van der Waals surface area contributed by atoms with Crippen molar-refractivity contribution < 1.29 is 19.2 Å². The van der Waals surface area contributed by atoms with Gasteiger partial charge in [-0.15, -0.1) is 0 Å². The second-order valence-corrected chi connectivity index (χ2v) is 6.90. The third-order valence-electron chi connectivity index (χ3n) is 4.66. The lowest BCUT2D eigenvalue weighted by Crippen LogP contribution is -2.27. The molecule has 33 heavy (non-hydrogen) atoms. The second kappa shape index (κ2) is 10.5. The largest absolute Gasteiger partial charge is 0.493 e. The van der Waals surface area contributed by atoms with Gasteiger partial charge in [0.15, 0.2) is 11.5 Å². The predicted molar refractivity (Wildman–Crippen MR) is 121 cm³/mol. The normalized spacial score (nSPS) is 11.7. The van der Waals surface area contributed by atoms with Crippen LogP contribution in [0.2, 0.25) is 0 Å². The topological polar surface area (TPSA) is 127 Å². The van der Waals surface area contributed by atoms with Crippen molar-refractivity contribution >= 4 is 17.7 Å². The first kappa shape index (κ1) is 23.0. The lowest BCUT2D eigenvalue weighted by atomic mass is 10.1. The van der Waals surface area contributed by atoms with Crippen LogP contribution in [0, 0.1) is 21.4 Å². The number of nitrogens with zero attached hydrogens (tertiary/aromatic N) is 3. The van der Waals surface area contributed by atoms with E-state index >= 15 is 0 Å². The standard InChI is InChI=1S/C24H20N4O5/c1-16(18-6-4-3-5-7-18)27-24(29)19(14-25)12-17-8-10-21(22(13-17)32-2)33-23-11-9-20(15-26-23)28(30)31/h3-13,15-16H,1-2H3,(H,27,29)/b19-12-/t16-/m1/s1. The van der Waals surface area contributed by atoms with Crippen LogP contribution >= 0.6 is 0 Å². The highest BCUT2D eigenvalue weighted by Crippen LogP contribution is 2.32. The number of aromatic nitrogens is 1. The maximum Gasteiger partial charge on any atom is 0.287 e. The number of benzene rings is 2. The van der Waals surface area contributed by atoms with Crippen LogP contribution in [0.5, 0.6) is 17.4 Å². The maximum atomic E-state index is 12.6. The van der Waals surface area contributed by atoms with E-state index < -0.39 is 10.8 Å². The fraction of sp³-hybridized carbons (Fsp3) is 0.125. The monoisotopic (exact) mass is 444 g/mol. The molecule has 166 valence electrons. The predicted octanol–water partition coefficient (Wildman–Crippen LogP) is 4.58.